The molecular formula is C42H63N13O2. The lowest BCUT2D eigenvalue weighted by Gasteiger charge is -2.39. The van der Waals surface area contributed by atoms with Gasteiger partial charge in [-0.15, -0.1) is 10.2 Å². The Hall–Kier alpha value is -5.44. The van der Waals surface area contributed by atoms with Crippen molar-refractivity contribution in [2.45, 2.75) is 118 Å². The topological polar surface area (TPSA) is 204 Å². The van der Waals surface area contributed by atoms with Crippen molar-refractivity contribution < 1.29 is 14.0 Å². The summed E-state index contributed by atoms with van der Waals surface area (Å²) in [6.45, 7) is 19.1. The summed E-state index contributed by atoms with van der Waals surface area (Å²) in [6.07, 6.45) is 12.4. The van der Waals surface area contributed by atoms with Gasteiger partial charge < -0.3 is 40.8 Å². The number of aromatic nitrogens is 10. The normalized spacial score (nSPS) is 12.3. The number of rotatable bonds is 20. The van der Waals surface area contributed by atoms with Crippen molar-refractivity contribution in [1.29, 1.82) is 0 Å². The van der Waals surface area contributed by atoms with E-state index < -0.39 is 0 Å². The Labute approximate surface area is 337 Å². The second kappa shape index (κ2) is 23.6. The van der Waals surface area contributed by atoms with Crippen molar-refractivity contribution in [3.63, 3.8) is 0 Å². The van der Waals surface area contributed by atoms with Crippen molar-refractivity contribution in [1.82, 2.24) is 50.8 Å². The van der Waals surface area contributed by atoms with Crippen LogP contribution in [0.5, 0.6) is 11.8 Å². The first-order chi connectivity index (χ1) is 27.8. The van der Waals surface area contributed by atoms with E-state index in [0.717, 1.165) is 24.0 Å². The molecule has 0 saturated carbocycles. The van der Waals surface area contributed by atoms with Crippen molar-refractivity contribution in [2.24, 2.45) is 0 Å². The Balaban J connectivity index is 0.000000191. The fraction of sp³-hybridized carbons (Fsp3) is 0.524. The van der Waals surface area contributed by atoms with Crippen LogP contribution in [0.4, 0.5) is 11.9 Å². The second-order valence-electron chi connectivity index (χ2n) is 14.2. The maximum atomic E-state index is 5.95. The third-order valence-corrected chi connectivity index (χ3v) is 9.84. The van der Waals surface area contributed by atoms with Gasteiger partial charge in [0.05, 0.1) is 26.2 Å². The predicted molar refractivity (Wildman–Crippen MR) is 226 cm³/mol. The van der Waals surface area contributed by atoms with E-state index in [2.05, 4.69) is 78.5 Å². The van der Waals surface area contributed by atoms with E-state index >= 15 is 0 Å². The zero-order valence-electron chi connectivity index (χ0n) is 34.8. The van der Waals surface area contributed by atoms with Gasteiger partial charge in [0.25, 0.3) is 0 Å². The lowest BCUT2D eigenvalue weighted by Crippen LogP contribution is -2.50. The molecule has 0 amide bonds. The average Bonchev–Trinajstić information content (AvgIpc) is 3.92. The van der Waals surface area contributed by atoms with E-state index in [1.165, 1.54) is 82.0 Å². The number of ether oxygens (including phenoxy) is 2. The predicted octanol–water partition coefficient (Wildman–Crippen LogP) is 8.35. The smallest absolute Gasteiger partial charge is 0.249 e. The third-order valence-electron chi connectivity index (χ3n) is 9.84. The van der Waals surface area contributed by atoms with Gasteiger partial charge in [-0.05, 0) is 49.7 Å². The Morgan fingerprint density at radius 1 is 0.561 bits per heavy atom. The summed E-state index contributed by atoms with van der Waals surface area (Å²) in [5.41, 5.74) is 15.1. The molecule has 57 heavy (non-hydrogen) atoms. The Morgan fingerprint density at radius 3 is 1.44 bits per heavy atom. The summed E-state index contributed by atoms with van der Waals surface area (Å²) in [5.74, 6) is 0.868. The van der Waals surface area contributed by atoms with Crippen LogP contribution < -0.4 is 26.2 Å². The minimum atomic E-state index is -0.134. The molecule has 0 spiro atoms. The molecule has 15 nitrogen and oxygen atoms in total. The number of nitrogens with one attached hydrogen (secondary N) is 1. The molecular weight excluding hydrogens is 719 g/mol. The first-order valence-electron chi connectivity index (χ1n) is 20.7. The highest BCUT2D eigenvalue weighted by atomic mass is 16.5. The Kier molecular flexibility index (Phi) is 18.3. The molecule has 4 heterocycles. The number of nitrogen functional groups attached to an aromatic ring is 2. The van der Waals surface area contributed by atoms with Crippen molar-refractivity contribution in [3.05, 3.63) is 71.8 Å². The highest BCUT2D eigenvalue weighted by Gasteiger charge is 2.25. The third kappa shape index (κ3) is 13.3. The lowest BCUT2D eigenvalue weighted by molar-refractivity contribution is -0.929. The Morgan fingerprint density at radius 2 is 1.00 bits per heavy atom. The molecule has 0 aliphatic rings. The number of anilines is 2. The second-order valence-corrected chi connectivity index (χ2v) is 14.2. The van der Waals surface area contributed by atoms with Crippen LogP contribution in [0, 0.1) is 0 Å². The molecule has 0 fully saturated rings. The summed E-state index contributed by atoms with van der Waals surface area (Å²) in [5, 5.41) is 21.6. The number of nitrogens with two attached hydrogens (primary N) is 2. The number of aromatic amines is 1. The number of quaternary nitrogens is 1. The fourth-order valence-electron chi connectivity index (χ4n) is 6.63. The van der Waals surface area contributed by atoms with Gasteiger partial charge in [-0.1, -0.05) is 128 Å². The maximum Gasteiger partial charge on any atom is 0.249 e. The van der Waals surface area contributed by atoms with Crippen LogP contribution in [-0.2, 0) is 0 Å². The quantitative estimate of drug-likeness (QED) is 0.0624. The number of unbranched alkanes of at least 4 members (excludes halogenated alkanes) is 4. The molecule has 308 valence electrons. The van der Waals surface area contributed by atoms with Crippen molar-refractivity contribution in [3.8, 4) is 11.8 Å². The van der Waals surface area contributed by atoms with Gasteiger partial charge >= 0.3 is 0 Å². The molecule has 15 heteroatoms. The first kappa shape index (κ1) is 44.3. The maximum absolute atomic E-state index is 5.95. The zero-order valence-corrected chi connectivity index (χ0v) is 34.8. The number of hydrogen-bond acceptors (Lipinski definition) is 12. The number of hydrogen-bond donors (Lipinski definition) is 3. The molecule has 0 radical (unpaired) electrons. The molecule has 2 aromatic carbocycles. The fourth-order valence-corrected chi connectivity index (χ4v) is 6.63. The van der Waals surface area contributed by atoms with Crippen LogP contribution in [0.15, 0.2) is 60.7 Å². The number of benzene rings is 2. The van der Waals surface area contributed by atoms with E-state index in [1.807, 2.05) is 74.5 Å². The standard InChI is InChI=1S/C16H36N.C13H14N6O.C13H13N6O/c1-5-9-13-17(14-10-6-2,15-11-7-3)16-12-8-4;2*1-2-9(8-6-4-3-5-7-8)20-12-10-11(18-19-17-10)15-13(14)16-12/h5-16H2,1-4H3;3-7,9H,2H2,1H3,(H3,14,15,16,17,18,19);3-7,9H,2H2,1H3,(H2-,14,15,16,17,18,19)/q+1;;-1. The van der Waals surface area contributed by atoms with Crippen LogP contribution in [0.2, 0.25) is 0 Å². The summed E-state index contributed by atoms with van der Waals surface area (Å²) in [6, 6.07) is 19.8. The molecule has 6 rings (SSSR count). The van der Waals surface area contributed by atoms with Crippen LogP contribution in [0.3, 0.4) is 0 Å². The van der Waals surface area contributed by atoms with Crippen LogP contribution in [0.25, 0.3) is 22.3 Å². The molecule has 4 aromatic heterocycles. The average molecular weight is 782 g/mol. The van der Waals surface area contributed by atoms with Gasteiger partial charge in [0.1, 0.15) is 17.7 Å². The lowest BCUT2D eigenvalue weighted by atomic mass is 10.1. The van der Waals surface area contributed by atoms with Crippen LogP contribution in [0.1, 0.15) is 129 Å². The molecule has 0 bridgehead atoms. The number of fused-ring (bicyclic) bond motifs is 2. The zero-order chi connectivity index (χ0) is 40.9. The summed E-state index contributed by atoms with van der Waals surface area (Å²) in [7, 11) is 0. The summed E-state index contributed by atoms with van der Waals surface area (Å²) < 4.78 is 13.3. The van der Waals surface area contributed by atoms with Gasteiger partial charge in [0, 0.05) is 0 Å². The van der Waals surface area contributed by atoms with E-state index in [1.54, 1.807) is 0 Å². The highest BCUT2D eigenvalue weighted by Crippen LogP contribution is 2.29. The molecule has 6 aromatic rings. The van der Waals surface area contributed by atoms with E-state index in [-0.39, 0.29) is 24.1 Å². The van der Waals surface area contributed by atoms with E-state index in [9.17, 15) is 0 Å². The summed E-state index contributed by atoms with van der Waals surface area (Å²) in [4.78, 5) is 16.1. The van der Waals surface area contributed by atoms with Crippen LogP contribution in [-0.4, -0.2) is 76.2 Å². The van der Waals surface area contributed by atoms with Gasteiger partial charge in [0.15, 0.2) is 11.2 Å². The molecule has 0 aliphatic heterocycles. The molecule has 2 unspecified atom stereocenters. The number of nitrogens with zero attached hydrogens (tertiary/aromatic N) is 10. The van der Waals surface area contributed by atoms with Gasteiger partial charge in [-0.25, -0.2) is 0 Å². The van der Waals surface area contributed by atoms with Crippen LogP contribution >= 0.6 is 0 Å². The van der Waals surface area contributed by atoms with Gasteiger partial charge in [0.2, 0.25) is 29.3 Å². The summed E-state index contributed by atoms with van der Waals surface area (Å²) >= 11 is 0. The van der Waals surface area contributed by atoms with E-state index in [0.29, 0.717) is 34.1 Å². The number of H-pyrrole nitrogens is 1. The van der Waals surface area contributed by atoms with E-state index in [4.69, 9.17) is 20.9 Å². The SMILES string of the molecule is CCC(Oc1nc(N)nc2n[n-]nc12)c1ccccc1.CCC(Oc1nc(N)nc2n[nH]nc12)c1ccccc1.CCCC[N+](CCCC)(CCCC)CCCC. The monoisotopic (exact) mass is 782 g/mol. The molecule has 2 atom stereocenters. The molecule has 0 aliphatic carbocycles. The highest BCUT2D eigenvalue weighted by molar-refractivity contribution is 5.76. The Bertz CT molecular complexity index is 1830. The largest absolute Gasteiger partial charge is 0.491 e. The van der Waals surface area contributed by atoms with Gasteiger partial charge in [-0.2, -0.15) is 25.1 Å². The van der Waals surface area contributed by atoms with Gasteiger partial charge in [-0.3, -0.25) is 0 Å². The van der Waals surface area contributed by atoms with Crippen molar-refractivity contribution in [2.75, 3.05) is 37.6 Å². The van der Waals surface area contributed by atoms with Crippen molar-refractivity contribution >= 4 is 34.2 Å². The minimum absolute atomic E-state index is 0.0951. The molecule has 0 saturated heterocycles. The first-order valence-corrected chi connectivity index (χ1v) is 20.7. The minimum Gasteiger partial charge on any atom is -0.491 e. The molecule has 5 N–H and O–H groups in total.